The van der Waals surface area contributed by atoms with Crippen molar-refractivity contribution in [2.75, 3.05) is 5.32 Å². The minimum atomic E-state index is -0.993. The Bertz CT molecular complexity index is 837. The summed E-state index contributed by atoms with van der Waals surface area (Å²) >= 11 is 0. The molecule has 3 rings (SSSR count). The quantitative estimate of drug-likeness (QED) is 0.852. The number of hydrogen-bond acceptors (Lipinski definition) is 5. The molecule has 0 spiro atoms. The Labute approximate surface area is 142 Å². The van der Waals surface area contributed by atoms with Gasteiger partial charge in [0.2, 0.25) is 5.95 Å². The highest BCUT2D eigenvalue weighted by molar-refractivity contribution is 5.93. The van der Waals surface area contributed by atoms with Crippen molar-refractivity contribution in [2.24, 2.45) is 0 Å². The smallest absolute Gasteiger partial charge is 0.303 e. The van der Waals surface area contributed by atoms with Gasteiger partial charge in [-0.1, -0.05) is 0 Å². The van der Waals surface area contributed by atoms with Crippen molar-refractivity contribution in [3.8, 4) is 0 Å². The SMILES string of the molecule is CC(=O)O[C@H](C)C(=O)Nc1nc2n(n1)C(c1cc(F)ccc1F)CC2. The minimum Gasteiger partial charge on any atom is -0.453 e. The topological polar surface area (TPSA) is 86.1 Å². The molecule has 0 fully saturated rings. The first kappa shape index (κ1) is 17.0. The largest absolute Gasteiger partial charge is 0.453 e. The number of halogens is 2. The second-order valence-electron chi connectivity index (χ2n) is 5.76. The Morgan fingerprint density at radius 2 is 2.16 bits per heavy atom. The van der Waals surface area contributed by atoms with E-state index in [1.807, 2.05) is 0 Å². The molecule has 2 atom stereocenters. The van der Waals surface area contributed by atoms with Crippen molar-refractivity contribution >= 4 is 17.8 Å². The number of aromatic nitrogens is 3. The third-order valence-electron chi connectivity index (χ3n) is 3.90. The highest BCUT2D eigenvalue weighted by atomic mass is 19.1. The van der Waals surface area contributed by atoms with E-state index in [-0.39, 0.29) is 11.5 Å². The van der Waals surface area contributed by atoms with Crippen LogP contribution in [0.15, 0.2) is 18.2 Å². The van der Waals surface area contributed by atoms with E-state index in [1.165, 1.54) is 18.5 Å². The van der Waals surface area contributed by atoms with E-state index in [4.69, 9.17) is 4.74 Å². The van der Waals surface area contributed by atoms with Crippen LogP contribution in [0, 0.1) is 11.6 Å². The second kappa shape index (κ2) is 6.58. The molecule has 1 N–H and O–H groups in total. The molecule has 0 bridgehead atoms. The van der Waals surface area contributed by atoms with E-state index in [2.05, 4.69) is 15.4 Å². The van der Waals surface area contributed by atoms with Crippen molar-refractivity contribution < 1.29 is 23.1 Å². The second-order valence-corrected chi connectivity index (χ2v) is 5.76. The zero-order valence-electron chi connectivity index (χ0n) is 13.6. The molecular formula is C16H16F2N4O3. The molecule has 0 saturated heterocycles. The number of amides is 1. The molecule has 1 aliphatic heterocycles. The van der Waals surface area contributed by atoms with Gasteiger partial charge >= 0.3 is 5.97 Å². The van der Waals surface area contributed by atoms with Crippen LogP contribution in [-0.4, -0.2) is 32.7 Å². The van der Waals surface area contributed by atoms with Gasteiger partial charge in [0, 0.05) is 18.9 Å². The maximum atomic E-state index is 14.0. The molecule has 0 saturated carbocycles. The fraction of sp³-hybridized carbons (Fsp3) is 0.375. The first-order valence-corrected chi connectivity index (χ1v) is 7.73. The van der Waals surface area contributed by atoms with Crippen molar-refractivity contribution in [1.29, 1.82) is 0 Å². The zero-order valence-corrected chi connectivity index (χ0v) is 13.6. The molecule has 7 nitrogen and oxygen atoms in total. The Morgan fingerprint density at radius 3 is 2.88 bits per heavy atom. The lowest BCUT2D eigenvalue weighted by atomic mass is 10.0. The van der Waals surface area contributed by atoms with Crippen molar-refractivity contribution in [3.63, 3.8) is 0 Å². The van der Waals surface area contributed by atoms with Gasteiger partial charge in [0.1, 0.15) is 17.5 Å². The number of rotatable bonds is 4. The summed E-state index contributed by atoms with van der Waals surface area (Å²) in [6.45, 7) is 2.62. The number of nitrogens with zero attached hydrogens (tertiary/aromatic N) is 3. The predicted octanol–water partition coefficient (Wildman–Crippen LogP) is 1.98. The molecule has 1 unspecified atom stereocenters. The van der Waals surface area contributed by atoms with E-state index in [0.29, 0.717) is 18.7 Å². The van der Waals surface area contributed by atoms with Gasteiger partial charge in [-0.15, -0.1) is 5.10 Å². The lowest BCUT2D eigenvalue weighted by molar-refractivity contribution is -0.150. The average molecular weight is 350 g/mol. The molecule has 2 heterocycles. The average Bonchev–Trinajstić information content (AvgIpc) is 3.09. The molecule has 9 heteroatoms. The van der Waals surface area contributed by atoms with Gasteiger partial charge in [-0.2, -0.15) is 4.98 Å². The first-order valence-electron chi connectivity index (χ1n) is 7.73. The standard InChI is InChI=1S/C16H16F2N4O3/c1-8(25-9(2)23)15(24)20-16-19-14-6-5-13(22(14)21-16)11-7-10(17)3-4-12(11)18/h3-4,7-8,13H,5-6H2,1-2H3,(H,20,21,24)/t8-,13?/m1/s1. The number of hydrogen-bond donors (Lipinski definition) is 1. The van der Waals surface area contributed by atoms with E-state index in [0.717, 1.165) is 18.2 Å². The van der Waals surface area contributed by atoms with Crippen molar-refractivity contribution in [1.82, 2.24) is 14.8 Å². The molecule has 25 heavy (non-hydrogen) atoms. The van der Waals surface area contributed by atoms with Crippen LogP contribution in [0.4, 0.5) is 14.7 Å². The van der Waals surface area contributed by atoms with Gasteiger partial charge in [-0.05, 0) is 31.5 Å². The number of ether oxygens (including phenoxy) is 1. The van der Waals surface area contributed by atoms with E-state index in [1.54, 1.807) is 0 Å². The molecular weight excluding hydrogens is 334 g/mol. The third-order valence-corrected chi connectivity index (χ3v) is 3.90. The van der Waals surface area contributed by atoms with Crippen LogP contribution in [0.2, 0.25) is 0 Å². The minimum absolute atomic E-state index is 0.0283. The number of esters is 1. The summed E-state index contributed by atoms with van der Waals surface area (Å²) in [5.74, 6) is -1.63. The van der Waals surface area contributed by atoms with Crippen LogP contribution < -0.4 is 5.32 Å². The molecule has 2 aromatic rings. The van der Waals surface area contributed by atoms with Crippen LogP contribution in [-0.2, 0) is 20.7 Å². The summed E-state index contributed by atoms with van der Waals surface area (Å²) in [4.78, 5) is 27.0. The summed E-state index contributed by atoms with van der Waals surface area (Å²) in [7, 11) is 0. The summed E-state index contributed by atoms with van der Waals surface area (Å²) in [5.41, 5.74) is 0.190. The van der Waals surface area contributed by atoms with Crippen LogP contribution in [0.25, 0.3) is 0 Å². The van der Waals surface area contributed by atoms with Gasteiger partial charge in [0.25, 0.3) is 5.91 Å². The highest BCUT2D eigenvalue weighted by Gasteiger charge is 2.30. The number of fused-ring (bicyclic) bond motifs is 1. The van der Waals surface area contributed by atoms with Gasteiger partial charge in [0.15, 0.2) is 6.10 Å². The Kier molecular flexibility index (Phi) is 4.47. The van der Waals surface area contributed by atoms with Crippen LogP contribution >= 0.6 is 0 Å². The lowest BCUT2D eigenvalue weighted by Crippen LogP contribution is -2.29. The maximum Gasteiger partial charge on any atom is 0.303 e. The Hall–Kier alpha value is -2.84. The molecule has 132 valence electrons. The maximum absolute atomic E-state index is 14.0. The first-order chi connectivity index (χ1) is 11.8. The van der Waals surface area contributed by atoms with Crippen LogP contribution in [0.3, 0.4) is 0 Å². The fourth-order valence-corrected chi connectivity index (χ4v) is 2.79. The molecule has 1 aliphatic rings. The third kappa shape index (κ3) is 3.49. The number of aryl methyl sites for hydroxylation is 1. The molecule has 0 aliphatic carbocycles. The van der Waals surface area contributed by atoms with Crippen LogP contribution in [0.5, 0.6) is 0 Å². The Morgan fingerprint density at radius 1 is 1.40 bits per heavy atom. The van der Waals surface area contributed by atoms with E-state index in [9.17, 15) is 18.4 Å². The fourth-order valence-electron chi connectivity index (χ4n) is 2.79. The van der Waals surface area contributed by atoms with Crippen LogP contribution in [0.1, 0.15) is 37.7 Å². The monoisotopic (exact) mass is 350 g/mol. The lowest BCUT2D eigenvalue weighted by Gasteiger charge is -2.13. The molecule has 1 aromatic carbocycles. The van der Waals surface area contributed by atoms with E-state index < -0.39 is 35.7 Å². The Balaban J connectivity index is 1.79. The normalized spacial score (nSPS) is 17.0. The number of benzene rings is 1. The number of anilines is 1. The summed E-state index contributed by atoms with van der Waals surface area (Å²) in [6, 6.07) is 2.77. The number of carbonyl (C=O) groups excluding carboxylic acids is 2. The summed E-state index contributed by atoms with van der Waals surface area (Å²) in [5, 5.41) is 6.61. The highest BCUT2D eigenvalue weighted by Crippen LogP contribution is 2.32. The van der Waals surface area contributed by atoms with Gasteiger partial charge in [-0.3, -0.25) is 14.9 Å². The number of nitrogens with one attached hydrogen (secondary N) is 1. The van der Waals surface area contributed by atoms with E-state index >= 15 is 0 Å². The molecule has 1 aromatic heterocycles. The van der Waals surface area contributed by atoms with Gasteiger partial charge in [-0.25, -0.2) is 13.5 Å². The summed E-state index contributed by atoms with van der Waals surface area (Å²) < 4.78 is 33.7. The van der Waals surface area contributed by atoms with Crippen molar-refractivity contribution in [2.45, 2.75) is 38.8 Å². The molecule has 0 radical (unpaired) electrons. The van der Waals surface area contributed by atoms with Gasteiger partial charge in [0.05, 0.1) is 6.04 Å². The van der Waals surface area contributed by atoms with Crippen molar-refractivity contribution in [3.05, 3.63) is 41.2 Å². The summed E-state index contributed by atoms with van der Waals surface area (Å²) in [6.07, 6.45) is 0.0591. The zero-order chi connectivity index (χ0) is 18.1. The molecule has 1 amide bonds. The number of carbonyl (C=O) groups is 2. The predicted molar refractivity (Wildman–Crippen MR) is 82.7 cm³/mol. The van der Waals surface area contributed by atoms with Gasteiger partial charge < -0.3 is 4.74 Å².